The summed E-state index contributed by atoms with van der Waals surface area (Å²) in [6.45, 7) is 2.95. The molecular formula is C15H16Cl2N2. The maximum atomic E-state index is 6.31. The zero-order chi connectivity index (χ0) is 13.7. The molecule has 0 aliphatic heterocycles. The normalized spacial score (nSPS) is 12.4. The first kappa shape index (κ1) is 14.3. The molecule has 19 heavy (non-hydrogen) atoms. The topological polar surface area (TPSA) is 24.9 Å². The Morgan fingerprint density at radius 2 is 1.89 bits per heavy atom. The molecule has 2 aromatic rings. The predicted molar refractivity (Wildman–Crippen MR) is 80.8 cm³/mol. The van der Waals surface area contributed by atoms with Gasteiger partial charge < -0.3 is 5.32 Å². The molecule has 0 amide bonds. The lowest BCUT2D eigenvalue weighted by molar-refractivity contribution is 0.550. The molecule has 1 heterocycles. The first-order valence-electron chi connectivity index (χ1n) is 6.28. The third-order valence-corrected chi connectivity index (χ3v) is 3.83. The Bertz CT molecular complexity index is 529. The Kier molecular flexibility index (Phi) is 5.20. The zero-order valence-electron chi connectivity index (χ0n) is 10.7. The third-order valence-electron chi connectivity index (χ3n) is 3.00. The summed E-state index contributed by atoms with van der Waals surface area (Å²) in [5.41, 5.74) is 2.25. The van der Waals surface area contributed by atoms with Crippen molar-refractivity contribution < 1.29 is 0 Å². The second kappa shape index (κ2) is 6.90. The van der Waals surface area contributed by atoms with Gasteiger partial charge in [0.2, 0.25) is 0 Å². The van der Waals surface area contributed by atoms with Crippen molar-refractivity contribution in [1.29, 1.82) is 0 Å². The molecule has 0 radical (unpaired) electrons. The van der Waals surface area contributed by atoms with Gasteiger partial charge in [0.15, 0.2) is 0 Å². The number of rotatable bonds is 5. The summed E-state index contributed by atoms with van der Waals surface area (Å²) >= 11 is 12.4. The largest absolute Gasteiger partial charge is 0.310 e. The van der Waals surface area contributed by atoms with Crippen molar-refractivity contribution in [3.8, 4) is 0 Å². The highest BCUT2D eigenvalue weighted by Crippen LogP contribution is 2.31. The van der Waals surface area contributed by atoms with E-state index in [1.54, 1.807) is 12.4 Å². The number of nitrogens with zero attached hydrogens (tertiary/aromatic N) is 1. The summed E-state index contributed by atoms with van der Waals surface area (Å²) in [5.74, 6) is 0. The number of likely N-dealkylation sites (N-methyl/N-ethyl adjacent to an activating group) is 1. The van der Waals surface area contributed by atoms with Gasteiger partial charge in [-0.2, -0.15) is 0 Å². The van der Waals surface area contributed by atoms with Crippen LogP contribution < -0.4 is 5.32 Å². The summed E-state index contributed by atoms with van der Waals surface area (Å²) in [5, 5.41) is 4.68. The van der Waals surface area contributed by atoms with Crippen LogP contribution in [0.3, 0.4) is 0 Å². The molecule has 1 aromatic heterocycles. The number of pyridine rings is 1. The van der Waals surface area contributed by atoms with Crippen LogP contribution in [0.1, 0.15) is 24.1 Å². The maximum Gasteiger partial charge on any atom is 0.0640 e. The van der Waals surface area contributed by atoms with Gasteiger partial charge in [-0.15, -0.1) is 0 Å². The van der Waals surface area contributed by atoms with E-state index in [0.717, 1.165) is 18.5 Å². The van der Waals surface area contributed by atoms with Crippen LogP contribution >= 0.6 is 23.2 Å². The second-order valence-corrected chi connectivity index (χ2v) is 5.10. The maximum absolute atomic E-state index is 6.31. The molecule has 0 saturated heterocycles. The van der Waals surface area contributed by atoms with E-state index >= 15 is 0 Å². The van der Waals surface area contributed by atoms with Gasteiger partial charge in [0, 0.05) is 18.4 Å². The minimum atomic E-state index is 0.151. The Morgan fingerprint density at radius 1 is 1.16 bits per heavy atom. The molecular weight excluding hydrogens is 279 g/mol. The fourth-order valence-corrected chi connectivity index (χ4v) is 2.52. The van der Waals surface area contributed by atoms with E-state index in [1.165, 1.54) is 5.56 Å². The first-order valence-corrected chi connectivity index (χ1v) is 7.04. The van der Waals surface area contributed by atoms with Crippen LogP contribution in [0.25, 0.3) is 0 Å². The van der Waals surface area contributed by atoms with E-state index in [2.05, 4.69) is 17.2 Å². The van der Waals surface area contributed by atoms with Gasteiger partial charge in [-0.1, -0.05) is 42.3 Å². The average Bonchev–Trinajstić information content (AvgIpc) is 2.43. The monoisotopic (exact) mass is 294 g/mol. The van der Waals surface area contributed by atoms with Crippen molar-refractivity contribution in [3.05, 3.63) is 63.9 Å². The van der Waals surface area contributed by atoms with E-state index in [9.17, 15) is 0 Å². The van der Waals surface area contributed by atoms with Crippen LogP contribution in [0.15, 0.2) is 42.7 Å². The predicted octanol–water partition coefficient (Wildman–Crippen LogP) is 4.28. The van der Waals surface area contributed by atoms with Gasteiger partial charge in [-0.3, -0.25) is 4.98 Å². The number of aromatic nitrogens is 1. The quantitative estimate of drug-likeness (QED) is 0.890. The molecule has 1 N–H and O–H groups in total. The van der Waals surface area contributed by atoms with Crippen molar-refractivity contribution in [1.82, 2.24) is 10.3 Å². The highest BCUT2D eigenvalue weighted by molar-refractivity contribution is 6.42. The highest BCUT2D eigenvalue weighted by Gasteiger charge is 2.15. The molecule has 0 saturated carbocycles. The van der Waals surface area contributed by atoms with Gasteiger partial charge in [-0.05, 0) is 42.3 Å². The van der Waals surface area contributed by atoms with Crippen LogP contribution in [-0.4, -0.2) is 11.5 Å². The lowest BCUT2D eigenvalue weighted by Crippen LogP contribution is -2.23. The fraction of sp³-hybridized carbons (Fsp3) is 0.267. The first-order chi connectivity index (χ1) is 9.22. The van der Waals surface area contributed by atoms with Gasteiger partial charge in [0.25, 0.3) is 0 Å². The number of benzene rings is 1. The summed E-state index contributed by atoms with van der Waals surface area (Å²) in [6.07, 6.45) is 4.46. The van der Waals surface area contributed by atoms with Gasteiger partial charge in [0.05, 0.1) is 10.0 Å². The van der Waals surface area contributed by atoms with E-state index < -0.39 is 0 Å². The Morgan fingerprint density at radius 3 is 2.58 bits per heavy atom. The lowest BCUT2D eigenvalue weighted by Gasteiger charge is -2.20. The van der Waals surface area contributed by atoms with E-state index in [1.807, 2.05) is 30.3 Å². The minimum Gasteiger partial charge on any atom is -0.310 e. The van der Waals surface area contributed by atoms with Crippen LogP contribution in [0.5, 0.6) is 0 Å². The Balaban J connectivity index is 2.27. The molecule has 0 aliphatic rings. The van der Waals surface area contributed by atoms with Crippen LogP contribution in [0, 0.1) is 0 Å². The molecule has 0 aliphatic carbocycles. The molecule has 1 aromatic carbocycles. The number of hydrogen-bond acceptors (Lipinski definition) is 2. The summed E-state index contributed by atoms with van der Waals surface area (Å²) in [4.78, 5) is 4.04. The standard InChI is InChI=1S/C15H16Cl2N2/c1-2-19-14(10-11-6-8-18-9-7-11)12-4-3-5-13(16)15(12)17/h3-9,14,19H,2,10H2,1H3. The van der Waals surface area contributed by atoms with Gasteiger partial charge in [-0.25, -0.2) is 0 Å². The van der Waals surface area contributed by atoms with Gasteiger partial charge in [0.1, 0.15) is 0 Å². The minimum absolute atomic E-state index is 0.151. The van der Waals surface area contributed by atoms with Crippen molar-refractivity contribution in [2.45, 2.75) is 19.4 Å². The highest BCUT2D eigenvalue weighted by atomic mass is 35.5. The molecule has 100 valence electrons. The van der Waals surface area contributed by atoms with E-state index in [4.69, 9.17) is 23.2 Å². The van der Waals surface area contributed by atoms with Crippen LogP contribution in [0.2, 0.25) is 10.0 Å². The smallest absolute Gasteiger partial charge is 0.0640 e. The summed E-state index contributed by atoms with van der Waals surface area (Å²) in [7, 11) is 0. The van der Waals surface area contributed by atoms with Crippen molar-refractivity contribution >= 4 is 23.2 Å². The molecule has 0 bridgehead atoms. The van der Waals surface area contributed by atoms with Crippen molar-refractivity contribution in [3.63, 3.8) is 0 Å². The number of nitrogens with one attached hydrogen (secondary N) is 1. The SMILES string of the molecule is CCNC(Cc1ccncc1)c1cccc(Cl)c1Cl. The number of hydrogen-bond donors (Lipinski definition) is 1. The van der Waals surface area contributed by atoms with E-state index in [-0.39, 0.29) is 6.04 Å². The molecule has 1 atom stereocenters. The fourth-order valence-electron chi connectivity index (χ4n) is 2.08. The average molecular weight is 295 g/mol. The molecule has 1 unspecified atom stereocenters. The molecule has 4 heteroatoms. The van der Waals surface area contributed by atoms with Crippen LogP contribution in [0.4, 0.5) is 0 Å². The molecule has 2 rings (SSSR count). The molecule has 2 nitrogen and oxygen atoms in total. The lowest BCUT2D eigenvalue weighted by atomic mass is 9.99. The Labute approximate surface area is 123 Å². The summed E-state index contributed by atoms with van der Waals surface area (Å²) in [6, 6.07) is 9.94. The van der Waals surface area contributed by atoms with Crippen molar-refractivity contribution in [2.75, 3.05) is 6.54 Å². The molecule has 0 spiro atoms. The van der Waals surface area contributed by atoms with Crippen LogP contribution in [-0.2, 0) is 6.42 Å². The third kappa shape index (κ3) is 3.69. The number of halogens is 2. The van der Waals surface area contributed by atoms with Crippen molar-refractivity contribution in [2.24, 2.45) is 0 Å². The second-order valence-electron chi connectivity index (χ2n) is 4.31. The molecule has 0 fully saturated rings. The Hall–Kier alpha value is -1.09. The summed E-state index contributed by atoms with van der Waals surface area (Å²) < 4.78 is 0. The van der Waals surface area contributed by atoms with E-state index in [0.29, 0.717) is 10.0 Å². The van der Waals surface area contributed by atoms with Gasteiger partial charge >= 0.3 is 0 Å². The zero-order valence-corrected chi connectivity index (χ0v) is 12.2.